The minimum absolute atomic E-state index is 0.477. The van der Waals surface area contributed by atoms with E-state index < -0.39 is 6.04 Å². The Labute approximate surface area is 98.6 Å². The molecule has 1 aromatic heterocycles. The minimum Gasteiger partial charge on any atom is -0.360 e. The van der Waals surface area contributed by atoms with Crippen molar-refractivity contribution in [3.63, 3.8) is 0 Å². The second kappa shape index (κ2) is 4.28. The van der Waals surface area contributed by atoms with Crippen LogP contribution in [0.5, 0.6) is 0 Å². The molecule has 3 nitrogen and oxygen atoms in total. The fraction of sp³-hybridized carbons (Fsp3) is 0.250. The Morgan fingerprint density at radius 1 is 1.56 bits per heavy atom. The lowest BCUT2D eigenvalue weighted by Gasteiger charge is -2.04. The number of H-pyrrole nitrogens is 1. The average Bonchev–Trinajstić information content (AvgIpc) is 2.68. The van der Waals surface area contributed by atoms with Crippen LogP contribution in [0.3, 0.4) is 0 Å². The number of carbonyl (C=O) groups excluding carboxylic acids is 1. The number of nitrogens with one attached hydrogen (secondary N) is 1. The highest BCUT2D eigenvalue weighted by Crippen LogP contribution is 2.28. The molecule has 0 saturated heterocycles. The third kappa shape index (κ3) is 1.84. The Bertz CT molecular complexity index is 533. The van der Waals surface area contributed by atoms with Crippen molar-refractivity contribution in [1.82, 2.24) is 4.98 Å². The number of halogens is 1. The molecule has 2 rings (SSSR count). The van der Waals surface area contributed by atoms with E-state index in [1.54, 1.807) is 6.29 Å². The molecule has 0 spiro atoms. The van der Waals surface area contributed by atoms with Crippen molar-refractivity contribution < 1.29 is 4.79 Å². The van der Waals surface area contributed by atoms with Gasteiger partial charge >= 0.3 is 0 Å². The van der Waals surface area contributed by atoms with Gasteiger partial charge in [0.15, 0.2) is 0 Å². The number of aromatic nitrogens is 1. The Balaban J connectivity index is 2.55. The number of fused-ring (bicyclic) bond motifs is 1. The van der Waals surface area contributed by atoms with Crippen molar-refractivity contribution in [2.75, 3.05) is 0 Å². The van der Waals surface area contributed by atoms with Crippen molar-refractivity contribution >= 4 is 28.8 Å². The van der Waals surface area contributed by atoms with E-state index in [1.165, 1.54) is 0 Å². The topological polar surface area (TPSA) is 58.9 Å². The molecular weight excluding hydrogens is 224 g/mol. The molecule has 0 saturated carbocycles. The molecule has 1 radical (unpaired) electrons. The zero-order chi connectivity index (χ0) is 11.7. The third-order valence-corrected chi connectivity index (χ3v) is 2.98. The van der Waals surface area contributed by atoms with E-state index in [0.717, 1.165) is 22.0 Å². The van der Waals surface area contributed by atoms with E-state index in [4.69, 9.17) is 17.3 Å². The van der Waals surface area contributed by atoms with Gasteiger partial charge in [-0.1, -0.05) is 17.7 Å². The van der Waals surface area contributed by atoms with Gasteiger partial charge in [0, 0.05) is 11.6 Å². The largest absolute Gasteiger partial charge is 0.360 e. The maximum atomic E-state index is 10.4. The number of rotatable bonds is 3. The van der Waals surface area contributed by atoms with Crippen LogP contribution >= 0.6 is 11.6 Å². The molecule has 0 amide bonds. The van der Waals surface area contributed by atoms with Gasteiger partial charge in [-0.2, -0.15) is 0 Å². The number of aromatic amines is 1. The molecule has 1 heterocycles. The van der Waals surface area contributed by atoms with Crippen LogP contribution in [0.2, 0.25) is 5.02 Å². The average molecular weight is 236 g/mol. The first kappa shape index (κ1) is 11.2. The number of hydrogen-bond donors (Lipinski definition) is 2. The van der Waals surface area contributed by atoms with Gasteiger partial charge in [0.1, 0.15) is 0 Å². The number of aryl methyl sites for hydroxylation is 1. The molecule has 2 aromatic rings. The summed E-state index contributed by atoms with van der Waals surface area (Å²) in [5, 5.41) is 1.73. The molecular formula is C12H12ClN2O. The molecule has 1 atom stereocenters. The molecule has 3 N–H and O–H groups in total. The summed E-state index contributed by atoms with van der Waals surface area (Å²) < 4.78 is 0. The standard InChI is InChI=1S/C12H12ClN2O/c1-7-2-3-10(13)12-11(7)8(5-15-12)4-9(14)6-16/h2-3,5,9,15H,4,14H2,1H3/t9-/m0/s1. The normalized spacial score (nSPS) is 12.9. The van der Waals surface area contributed by atoms with Crippen LogP contribution in [-0.2, 0) is 11.2 Å². The summed E-state index contributed by atoms with van der Waals surface area (Å²) in [5.41, 5.74) is 8.60. The zero-order valence-corrected chi connectivity index (χ0v) is 9.64. The van der Waals surface area contributed by atoms with Gasteiger partial charge in [0.05, 0.1) is 16.6 Å². The molecule has 16 heavy (non-hydrogen) atoms. The highest BCUT2D eigenvalue weighted by molar-refractivity contribution is 6.35. The van der Waals surface area contributed by atoms with Crippen LogP contribution < -0.4 is 5.73 Å². The summed E-state index contributed by atoms with van der Waals surface area (Å²) in [6.07, 6.45) is 4.11. The summed E-state index contributed by atoms with van der Waals surface area (Å²) in [6, 6.07) is 3.22. The van der Waals surface area contributed by atoms with Crippen LogP contribution in [-0.4, -0.2) is 17.3 Å². The number of hydrogen-bond acceptors (Lipinski definition) is 2. The van der Waals surface area contributed by atoms with Crippen molar-refractivity contribution in [2.24, 2.45) is 5.73 Å². The second-order valence-corrected chi connectivity index (χ2v) is 4.26. The summed E-state index contributed by atoms with van der Waals surface area (Å²) in [7, 11) is 0. The highest BCUT2D eigenvalue weighted by Gasteiger charge is 2.12. The Morgan fingerprint density at radius 3 is 3.00 bits per heavy atom. The quantitative estimate of drug-likeness (QED) is 0.856. The maximum Gasteiger partial charge on any atom is 0.217 e. The molecule has 0 aliphatic heterocycles. The predicted octanol–water partition coefficient (Wildman–Crippen LogP) is 2.11. The van der Waals surface area contributed by atoms with Crippen molar-refractivity contribution in [1.29, 1.82) is 0 Å². The van der Waals surface area contributed by atoms with E-state index in [1.807, 2.05) is 25.3 Å². The first-order valence-electron chi connectivity index (χ1n) is 5.01. The van der Waals surface area contributed by atoms with Crippen LogP contribution in [0.15, 0.2) is 18.3 Å². The van der Waals surface area contributed by atoms with E-state index in [-0.39, 0.29) is 0 Å². The monoisotopic (exact) mass is 235 g/mol. The second-order valence-electron chi connectivity index (χ2n) is 3.86. The minimum atomic E-state index is -0.586. The summed E-state index contributed by atoms with van der Waals surface area (Å²) in [4.78, 5) is 13.5. The molecule has 83 valence electrons. The van der Waals surface area contributed by atoms with Crippen LogP contribution in [0, 0.1) is 6.92 Å². The Morgan fingerprint density at radius 2 is 2.31 bits per heavy atom. The van der Waals surface area contributed by atoms with Crippen molar-refractivity contribution in [3.8, 4) is 0 Å². The molecule has 0 aliphatic carbocycles. The first-order valence-corrected chi connectivity index (χ1v) is 5.39. The molecule has 1 aromatic carbocycles. The van der Waals surface area contributed by atoms with E-state index >= 15 is 0 Å². The zero-order valence-electron chi connectivity index (χ0n) is 8.88. The van der Waals surface area contributed by atoms with Crippen LogP contribution in [0.25, 0.3) is 10.9 Å². The summed E-state index contributed by atoms with van der Waals surface area (Å²) in [5.74, 6) is 0. The SMILES string of the molecule is Cc1ccc(Cl)c2[nH]cc(C[C@H](N)[C]=O)c12. The Hall–Kier alpha value is -1.32. The van der Waals surface area contributed by atoms with Gasteiger partial charge in [-0.15, -0.1) is 0 Å². The predicted molar refractivity (Wildman–Crippen MR) is 65.4 cm³/mol. The van der Waals surface area contributed by atoms with Gasteiger partial charge < -0.3 is 10.7 Å². The van der Waals surface area contributed by atoms with Gasteiger partial charge in [-0.3, -0.25) is 4.79 Å². The van der Waals surface area contributed by atoms with Crippen molar-refractivity contribution in [3.05, 3.63) is 34.5 Å². The lowest BCUT2D eigenvalue weighted by Crippen LogP contribution is -2.23. The van der Waals surface area contributed by atoms with E-state index in [2.05, 4.69) is 4.98 Å². The number of nitrogens with two attached hydrogens (primary N) is 1. The van der Waals surface area contributed by atoms with Gasteiger partial charge in [-0.25, -0.2) is 0 Å². The molecule has 0 unspecified atom stereocenters. The van der Waals surface area contributed by atoms with Crippen LogP contribution in [0.4, 0.5) is 0 Å². The van der Waals surface area contributed by atoms with Gasteiger partial charge in [-0.05, 0) is 30.5 Å². The Kier molecular flexibility index (Phi) is 2.99. The van der Waals surface area contributed by atoms with E-state index in [9.17, 15) is 4.79 Å². The fourth-order valence-electron chi connectivity index (χ4n) is 1.91. The molecule has 0 fully saturated rings. The lowest BCUT2D eigenvalue weighted by molar-refractivity contribution is 0.541. The molecule has 0 aliphatic rings. The highest BCUT2D eigenvalue weighted by atomic mass is 35.5. The van der Waals surface area contributed by atoms with Gasteiger partial charge in [0.2, 0.25) is 6.29 Å². The third-order valence-electron chi connectivity index (χ3n) is 2.67. The maximum absolute atomic E-state index is 10.4. The van der Waals surface area contributed by atoms with Crippen molar-refractivity contribution in [2.45, 2.75) is 19.4 Å². The van der Waals surface area contributed by atoms with E-state index in [0.29, 0.717) is 11.4 Å². The van der Waals surface area contributed by atoms with Gasteiger partial charge in [0.25, 0.3) is 0 Å². The lowest BCUT2D eigenvalue weighted by atomic mass is 10.0. The first-order chi connectivity index (χ1) is 7.63. The fourth-order valence-corrected chi connectivity index (χ4v) is 2.12. The smallest absolute Gasteiger partial charge is 0.217 e. The molecule has 0 bridgehead atoms. The summed E-state index contributed by atoms with van der Waals surface area (Å²) >= 11 is 6.07. The molecule has 4 heteroatoms. The van der Waals surface area contributed by atoms with Crippen LogP contribution in [0.1, 0.15) is 11.1 Å². The summed E-state index contributed by atoms with van der Waals surface area (Å²) in [6.45, 7) is 2.01. The number of benzene rings is 1.